The van der Waals surface area contributed by atoms with Crippen molar-refractivity contribution < 1.29 is 4.39 Å². The first-order chi connectivity index (χ1) is 12.1. The molecular formula is C20H19ClFN3. The van der Waals surface area contributed by atoms with Crippen molar-refractivity contribution in [3.8, 4) is 0 Å². The number of nitrogens with one attached hydrogen (secondary N) is 1. The summed E-state index contributed by atoms with van der Waals surface area (Å²) in [7, 11) is 0. The summed E-state index contributed by atoms with van der Waals surface area (Å²) in [6.45, 7) is 3.87. The third-order valence-corrected chi connectivity index (χ3v) is 5.07. The Hall–Kier alpha value is -2.17. The summed E-state index contributed by atoms with van der Waals surface area (Å²) in [6, 6.07) is 11.0. The zero-order valence-corrected chi connectivity index (χ0v) is 14.7. The molecule has 0 bridgehead atoms. The Morgan fingerprint density at radius 2 is 2.12 bits per heavy atom. The van der Waals surface area contributed by atoms with Crippen LogP contribution in [-0.2, 0) is 0 Å². The van der Waals surface area contributed by atoms with E-state index in [1.807, 2.05) is 17.6 Å². The highest BCUT2D eigenvalue weighted by molar-refractivity contribution is 6.30. The molecule has 1 unspecified atom stereocenters. The van der Waals surface area contributed by atoms with Crippen molar-refractivity contribution in [2.75, 3.05) is 13.1 Å². The van der Waals surface area contributed by atoms with E-state index < -0.39 is 0 Å². The molecule has 0 saturated heterocycles. The maximum absolute atomic E-state index is 14.3. The standard InChI is InChI=1S/C20H19ClFN3/c1-13(17-4-3-16(21)11-18(17)22)25-12-24-19-5-2-15(10-20(19)25)14-6-8-23-9-7-14/h2-6,10-13,23H,7-9H2,1H3. The minimum Gasteiger partial charge on any atom is -0.323 e. The molecule has 0 fully saturated rings. The molecule has 5 heteroatoms. The summed E-state index contributed by atoms with van der Waals surface area (Å²) < 4.78 is 16.3. The van der Waals surface area contributed by atoms with Crippen molar-refractivity contribution >= 4 is 28.2 Å². The molecule has 0 radical (unpaired) electrons. The topological polar surface area (TPSA) is 29.9 Å². The van der Waals surface area contributed by atoms with Gasteiger partial charge in [0.2, 0.25) is 0 Å². The lowest BCUT2D eigenvalue weighted by Crippen LogP contribution is -2.20. The van der Waals surface area contributed by atoms with Crippen LogP contribution in [0.3, 0.4) is 0 Å². The molecule has 1 N–H and O–H groups in total. The molecule has 1 aliphatic heterocycles. The van der Waals surface area contributed by atoms with E-state index in [1.165, 1.54) is 17.2 Å². The summed E-state index contributed by atoms with van der Waals surface area (Å²) in [6.07, 6.45) is 5.03. The largest absolute Gasteiger partial charge is 0.323 e. The first-order valence-corrected chi connectivity index (χ1v) is 8.83. The molecule has 1 aromatic heterocycles. The fraction of sp³-hybridized carbons (Fsp3) is 0.250. The lowest BCUT2D eigenvalue weighted by Gasteiger charge is -2.17. The normalized spacial score (nSPS) is 16.0. The molecule has 1 aliphatic rings. The monoisotopic (exact) mass is 355 g/mol. The van der Waals surface area contributed by atoms with Gasteiger partial charge in [-0.1, -0.05) is 29.8 Å². The second-order valence-corrected chi connectivity index (χ2v) is 6.82. The van der Waals surface area contributed by atoms with Crippen LogP contribution in [-0.4, -0.2) is 22.6 Å². The Kier molecular flexibility index (Phi) is 4.32. The highest BCUT2D eigenvalue weighted by Crippen LogP contribution is 2.29. The van der Waals surface area contributed by atoms with E-state index in [-0.39, 0.29) is 11.9 Å². The maximum atomic E-state index is 14.3. The second-order valence-electron chi connectivity index (χ2n) is 6.38. The van der Waals surface area contributed by atoms with Crippen LogP contribution >= 0.6 is 11.6 Å². The van der Waals surface area contributed by atoms with E-state index in [4.69, 9.17) is 11.6 Å². The molecule has 0 saturated carbocycles. The molecule has 1 atom stereocenters. The van der Waals surface area contributed by atoms with Gasteiger partial charge in [-0.2, -0.15) is 0 Å². The molecule has 4 rings (SSSR count). The van der Waals surface area contributed by atoms with Crippen molar-refractivity contribution in [2.45, 2.75) is 19.4 Å². The summed E-state index contributed by atoms with van der Waals surface area (Å²) in [4.78, 5) is 4.48. The zero-order chi connectivity index (χ0) is 17.4. The highest BCUT2D eigenvalue weighted by atomic mass is 35.5. The predicted molar refractivity (Wildman–Crippen MR) is 100 cm³/mol. The molecule has 2 aromatic carbocycles. The van der Waals surface area contributed by atoms with Crippen molar-refractivity contribution in [3.63, 3.8) is 0 Å². The van der Waals surface area contributed by atoms with Crippen LogP contribution in [0.1, 0.15) is 30.5 Å². The molecule has 3 nitrogen and oxygen atoms in total. The van der Waals surface area contributed by atoms with Gasteiger partial charge in [0, 0.05) is 17.1 Å². The predicted octanol–water partition coefficient (Wildman–Crippen LogP) is 4.81. The van der Waals surface area contributed by atoms with Crippen LogP contribution in [0.15, 0.2) is 48.8 Å². The van der Waals surface area contributed by atoms with Gasteiger partial charge in [0.25, 0.3) is 0 Å². The van der Waals surface area contributed by atoms with Crippen LogP contribution in [0.25, 0.3) is 16.6 Å². The first kappa shape index (κ1) is 16.3. The van der Waals surface area contributed by atoms with E-state index in [9.17, 15) is 4.39 Å². The Bertz CT molecular complexity index is 961. The lowest BCUT2D eigenvalue weighted by atomic mass is 9.99. The number of imidazole rings is 1. The number of rotatable bonds is 3. The second kappa shape index (κ2) is 6.62. The third kappa shape index (κ3) is 3.08. The molecular weight excluding hydrogens is 337 g/mol. The fourth-order valence-corrected chi connectivity index (χ4v) is 3.57. The van der Waals surface area contributed by atoms with Gasteiger partial charge in [0.05, 0.1) is 23.4 Å². The van der Waals surface area contributed by atoms with E-state index in [1.54, 1.807) is 18.5 Å². The van der Waals surface area contributed by atoms with Gasteiger partial charge in [-0.3, -0.25) is 0 Å². The smallest absolute Gasteiger partial charge is 0.129 e. The van der Waals surface area contributed by atoms with Crippen molar-refractivity contribution in [1.29, 1.82) is 0 Å². The Morgan fingerprint density at radius 1 is 1.24 bits per heavy atom. The third-order valence-electron chi connectivity index (χ3n) is 4.84. The van der Waals surface area contributed by atoms with Gasteiger partial charge >= 0.3 is 0 Å². The van der Waals surface area contributed by atoms with Gasteiger partial charge < -0.3 is 9.88 Å². The number of nitrogens with zero attached hydrogens (tertiary/aromatic N) is 2. The molecule has 128 valence electrons. The highest BCUT2D eigenvalue weighted by Gasteiger charge is 2.16. The average Bonchev–Trinajstić information content (AvgIpc) is 3.05. The van der Waals surface area contributed by atoms with Gasteiger partial charge in [0.15, 0.2) is 0 Å². The number of fused-ring (bicyclic) bond motifs is 1. The van der Waals surface area contributed by atoms with Crippen LogP contribution < -0.4 is 5.32 Å². The molecule has 0 spiro atoms. The zero-order valence-electron chi connectivity index (χ0n) is 14.0. The number of aromatic nitrogens is 2. The van der Waals surface area contributed by atoms with E-state index in [0.29, 0.717) is 10.6 Å². The van der Waals surface area contributed by atoms with Crippen molar-refractivity contribution in [1.82, 2.24) is 14.9 Å². The number of hydrogen-bond donors (Lipinski definition) is 1. The van der Waals surface area contributed by atoms with Gasteiger partial charge in [-0.05, 0) is 55.3 Å². The number of hydrogen-bond acceptors (Lipinski definition) is 2. The van der Waals surface area contributed by atoms with Gasteiger partial charge in [0.1, 0.15) is 5.82 Å². The summed E-state index contributed by atoms with van der Waals surface area (Å²) in [5, 5.41) is 3.74. The van der Waals surface area contributed by atoms with Crippen molar-refractivity contribution in [3.05, 3.63) is 70.8 Å². The molecule has 25 heavy (non-hydrogen) atoms. The number of benzene rings is 2. The Balaban J connectivity index is 1.77. The molecule has 3 aromatic rings. The van der Waals surface area contributed by atoms with Crippen LogP contribution in [0.2, 0.25) is 5.02 Å². The van der Waals surface area contributed by atoms with Crippen LogP contribution in [0, 0.1) is 5.82 Å². The SMILES string of the molecule is CC(c1ccc(Cl)cc1F)n1cnc2ccc(C3=CCNCC3)cc21. The molecule has 2 heterocycles. The minimum atomic E-state index is -0.293. The maximum Gasteiger partial charge on any atom is 0.129 e. The average molecular weight is 356 g/mol. The Labute approximate surface area is 151 Å². The fourth-order valence-electron chi connectivity index (χ4n) is 3.41. The van der Waals surface area contributed by atoms with Gasteiger partial charge in [-0.15, -0.1) is 0 Å². The van der Waals surface area contributed by atoms with E-state index in [2.05, 4.69) is 28.5 Å². The minimum absolute atomic E-state index is 0.167. The quantitative estimate of drug-likeness (QED) is 0.730. The van der Waals surface area contributed by atoms with Crippen molar-refractivity contribution in [2.24, 2.45) is 0 Å². The lowest BCUT2D eigenvalue weighted by molar-refractivity contribution is 0.564. The summed E-state index contributed by atoms with van der Waals surface area (Å²) >= 11 is 5.88. The van der Waals surface area contributed by atoms with Gasteiger partial charge in [-0.25, -0.2) is 9.37 Å². The first-order valence-electron chi connectivity index (χ1n) is 8.45. The summed E-state index contributed by atoms with van der Waals surface area (Å²) in [5.74, 6) is -0.293. The van der Waals surface area contributed by atoms with E-state index in [0.717, 1.165) is 30.5 Å². The van der Waals surface area contributed by atoms with E-state index >= 15 is 0 Å². The van der Waals surface area contributed by atoms with Crippen LogP contribution in [0.5, 0.6) is 0 Å². The van der Waals surface area contributed by atoms with Crippen LogP contribution in [0.4, 0.5) is 4.39 Å². The summed E-state index contributed by atoms with van der Waals surface area (Å²) in [5.41, 5.74) is 5.09. The number of halogens is 2. The molecule has 0 amide bonds. The Morgan fingerprint density at radius 3 is 2.88 bits per heavy atom. The molecule has 0 aliphatic carbocycles.